The van der Waals surface area contributed by atoms with E-state index in [1.54, 1.807) is 32.0 Å². The van der Waals surface area contributed by atoms with Gasteiger partial charge >= 0.3 is 12.1 Å². The number of benzene rings is 1. The van der Waals surface area contributed by atoms with Crippen molar-refractivity contribution in [2.24, 2.45) is 0 Å². The van der Waals surface area contributed by atoms with Gasteiger partial charge in [-0.25, -0.2) is 9.59 Å². The molecule has 0 bridgehead atoms. The number of imide groups is 2. The molecule has 0 radical (unpaired) electrons. The van der Waals surface area contributed by atoms with Crippen LogP contribution in [0.4, 0.5) is 9.59 Å². The molecule has 1 atom stereocenters. The van der Waals surface area contributed by atoms with E-state index in [1.165, 1.54) is 0 Å². The second-order valence-corrected chi connectivity index (χ2v) is 6.29. The number of hydrogen-bond donors (Lipinski definition) is 2. The molecule has 0 saturated carbocycles. The monoisotopic (exact) mass is 377 g/mol. The zero-order valence-electron chi connectivity index (χ0n) is 14.9. The van der Waals surface area contributed by atoms with E-state index in [0.29, 0.717) is 11.5 Å². The number of nitrogens with one attached hydrogen (secondary N) is 2. The van der Waals surface area contributed by atoms with Gasteiger partial charge in [0.2, 0.25) is 12.7 Å². The van der Waals surface area contributed by atoms with Crippen LogP contribution in [0.15, 0.2) is 18.2 Å². The predicted octanol–water partition coefficient (Wildman–Crippen LogP) is 0.541. The van der Waals surface area contributed by atoms with Gasteiger partial charge in [-0.05, 0) is 31.5 Å². The van der Waals surface area contributed by atoms with Crippen LogP contribution in [-0.4, -0.2) is 54.3 Å². The molecule has 2 aliphatic rings. The molecule has 0 aromatic heterocycles. The van der Waals surface area contributed by atoms with Gasteiger partial charge in [0.25, 0.3) is 5.91 Å². The molecular formula is C17H19N3O7. The maximum Gasteiger partial charge on any atom is 0.413 e. The highest BCUT2D eigenvalue weighted by atomic mass is 16.7. The van der Waals surface area contributed by atoms with Crippen molar-refractivity contribution in [3.63, 3.8) is 0 Å². The summed E-state index contributed by atoms with van der Waals surface area (Å²) in [6.45, 7) is 2.80. The number of urea groups is 1. The van der Waals surface area contributed by atoms with Crippen LogP contribution in [-0.2, 0) is 20.7 Å². The zero-order valence-corrected chi connectivity index (χ0v) is 14.9. The summed E-state index contributed by atoms with van der Waals surface area (Å²) in [5, 5.41) is 4.55. The van der Waals surface area contributed by atoms with E-state index < -0.39 is 36.0 Å². The van der Waals surface area contributed by atoms with Gasteiger partial charge < -0.3 is 19.5 Å². The minimum absolute atomic E-state index is 0.0931. The Hall–Kier alpha value is -3.30. The Labute approximate surface area is 154 Å². The van der Waals surface area contributed by atoms with Crippen molar-refractivity contribution in [3.05, 3.63) is 23.8 Å². The molecule has 0 spiro atoms. The molecule has 5 amide bonds. The van der Waals surface area contributed by atoms with Gasteiger partial charge in [0.05, 0.1) is 6.61 Å². The number of carbonyl (C=O) groups excluding carboxylic acids is 4. The van der Waals surface area contributed by atoms with Crippen LogP contribution in [0.3, 0.4) is 0 Å². The summed E-state index contributed by atoms with van der Waals surface area (Å²) in [7, 11) is 0. The average Bonchev–Trinajstić information content (AvgIpc) is 3.13. The van der Waals surface area contributed by atoms with Gasteiger partial charge in [0, 0.05) is 6.42 Å². The lowest BCUT2D eigenvalue weighted by atomic mass is 9.92. The third-order valence-electron chi connectivity index (χ3n) is 4.16. The zero-order chi connectivity index (χ0) is 19.6. The minimum atomic E-state index is -1.23. The van der Waals surface area contributed by atoms with Gasteiger partial charge in [-0.3, -0.25) is 19.8 Å². The summed E-state index contributed by atoms with van der Waals surface area (Å²) in [5.41, 5.74) is -0.470. The van der Waals surface area contributed by atoms with Crippen molar-refractivity contribution in [3.8, 4) is 11.5 Å². The van der Waals surface area contributed by atoms with Crippen molar-refractivity contribution in [2.75, 3.05) is 19.9 Å². The molecule has 0 unspecified atom stereocenters. The first kappa shape index (κ1) is 18.5. The topological polar surface area (TPSA) is 123 Å². The Morgan fingerprint density at radius 2 is 2.04 bits per heavy atom. The number of hydrogen-bond acceptors (Lipinski definition) is 7. The highest BCUT2D eigenvalue weighted by Gasteiger charge is 2.48. The molecule has 1 aromatic carbocycles. The van der Waals surface area contributed by atoms with E-state index in [1.807, 2.05) is 5.32 Å². The minimum Gasteiger partial charge on any atom is -0.454 e. The van der Waals surface area contributed by atoms with Crippen LogP contribution < -0.4 is 20.1 Å². The molecule has 2 heterocycles. The summed E-state index contributed by atoms with van der Waals surface area (Å²) >= 11 is 0. The van der Waals surface area contributed by atoms with Crippen LogP contribution in [0, 0.1) is 0 Å². The largest absolute Gasteiger partial charge is 0.454 e. The predicted molar refractivity (Wildman–Crippen MR) is 90.1 cm³/mol. The van der Waals surface area contributed by atoms with Crippen molar-refractivity contribution >= 4 is 23.9 Å². The first-order chi connectivity index (χ1) is 12.8. The quantitative estimate of drug-likeness (QED) is 0.718. The van der Waals surface area contributed by atoms with Gasteiger partial charge in [0.1, 0.15) is 12.1 Å². The summed E-state index contributed by atoms with van der Waals surface area (Å²) in [6.07, 6.45) is -0.734. The van der Waals surface area contributed by atoms with E-state index in [4.69, 9.17) is 9.47 Å². The van der Waals surface area contributed by atoms with E-state index >= 15 is 0 Å². The molecule has 27 heavy (non-hydrogen) atoms. The van der Waals surface area contributed by atoms with Crippen LogP contribution >= 0.6 is 0 Å². The fourth-order valence-corrected chi connectivity index (χ4v) is 2.93. The van der Waals surface area contributed by atoms with Crippen molar-refractivity contribution in [2.45, 2.75) is 25.8 Å². The number of amides is 5. The van der Waals surface area contributed by atoms with Gasteiger partial charge in [-0.15, -0.1) is 0 Å². The smallest absolute Gasteiger partial charge is 0.413 e. The van der Waals surface area contributed by atoms with E-state index in [-0.39, 0.29) is 19.8 Å². The van der Waals surface area contributed by atoms with Crippen LogP contribution in [0.5, 0.6) is 11.5 Å². The molecule has 10 heteroatoms. The van der Waals surface area contributed by atoms with Crippen LogP contribution in [0.1, 0.15) is 19.4 Å². The standard InChI is InChI=1S/C17H19N3O7/c1-3-25-16(24)18-13(21)8-20-14(22)17(2,19-15(20)23)7-10-4-5-11-12(6-10)27-9-26-11/h4-6H,3,7-9H2,1-2H3,(H,19,23)(H,18,21,24)/t17-/m0/s1. The number of carbonyl (C=O) groups is 4. The molecule has 0 aliphatic carbocycles. The lowest BCUT2D eigenvalue weighted by Crippen LogP contribution is -2.47. The highest BCUT2D eigenvalue weighted by Crippen LogP contribution is 2.34. The Bertz CT molecular complexity index is 810. The Morgan fingerprint density at radius 3 is 2.78 bits per heavy atom. The number of alkyl carbamates (subject to hydrolysis) is 1. The number of fused-ring (bicyclic) bond motifs is 1. The van der Waals surface area contributed by atoms with Gasteiger partial charge in [0.15, 0.2) is 11.5 Å². The molecule has 10 nitrogen and oxygen atoms in total. The number of rotatable bonds is 5. The lowest BCUT2D eigenvalue weighted by Gasteiger charge is -2.21. The maximum absolute atomic E-state index is 12.7. The highest BCUT2D eigenvalue weighted by molar-refractivity contribution is 6.09. The summed E-state index contributed by atoms with van der Waals surface area (Å²) in [6, 6.07) is 4.53. The van der Waals surface area contributed by atoms with Crippen LogP contribution in [0.25, 0.3) is 0 Å². The molecule has 3 rings (SSSR count). The average molecular weight is 377 g/mol. The second kappa shape index (κ2) is 7.14. The molecule has 1 aromatic rings. The van der Waals surface area contributed by atoms with Gasteiger partial charge in [-0.2, -0.15) is 0 Å². The third kappa shape index (κ3) is 3.78. The first-order valence-corrected chi connectivity index (χ1v) is 8.31. The van der Waals surface area contributed by atoms with E-state index in [2.05, 4.69) is 10.1 Å². The Morgan fingerprint density at radius 1 is 1.30 bits per heavy atom. The molecular weight excluding hydrogens is 358 g/mol. The molecule has 144 valence electrons. The summed E-state index contributed by atoms with van der Waals surface area (Å²) in [5.74, 6) is -0.199. The SMILES string of the molecule is CCOC(=O)NC(=O)CN1C(=O)N[C@@](C)(Cc2ccc3c(c2)OCO3)C1=O. The van der Waals surface area contributed by atoms with Crippen molar-refractivity contribution in [1.82, 2.24) is 15.5 Å². The molecule has 1 saturated heterocycles. The normalized spacial score (nSPS) is 20.4. The van der Waals surface area contributed by atoms with Gasteiger partial charge in [-0.1, -0.05) is 6.07 Å². The van der Waals surface area contributed by atoms with Crippen molar-refractivity contribution in [1.29, 1.82) is 0 Å². The second-order valence-electron chi connectivity index (χ2n) is 6.29. The summed E-state index contributed by atoms with van der Waals surface area (Å²) < 4.78 is 15.2. The third-order valence-corrected chi connectivity index (χ3v) is 4.16. The summed E-state index contributed by atoms with van der Waals surface area (Å²) in [4.78, 5) is 48.8. The molecule has 1 fully saturated rings. The molecule has 2 N–H and O–H groups in total. The maximum atomic E-state index is 12.7. The molecule has 2 aliphatic heterocycles. The van der Waals surface area contributed by atoms with E-state index in [9.17, 15) is 19.2 Å². The van der Waals surface area contributed by atoms with Crippen LogP contribution in [0.2, 0.25) is 0 Å². The Balaban J connectivity index is 1.67. The fourth-order valence-electron chi connectivity index (χ4n) is 2.93. The number of nitrogens with zero attached hydrogens (tertiary/aromatic N) is 1. The van der Waals surface area contributed by atoms with E-state index in [0.717, 1.165) is 10.5 Å². The first-order valence-electron chi connectivity index (χ1n) is 8.31. The Kier molecular flexibility index (Phi) is 4.89. The lowest BCUT2D eigenvalue weighted by molar-refractivity contribution is -0.134. The number of ether oxygens (including phenoxy) is 3. The fraction of sp³-hybridized carbons (Fsp3) is 0.412. The van der Waals surface area contributed by atoms with Crippen molar-refractivity contribution < 1.29 is 33.4 Å².